The lowest BCUT2D eigenvalue weighted by atomic mass is 9.84. The molecule has 0 aromatic heterocycles. The monoisotopic (exact) mass is 305 g/mol. The van der Waals surface area contributed by atoms with Crippen molar-refractivity contribution >= 4 is 11.5 Å². The second-order valence-corrected chi connectivity index (χ2v) is 6.34. The highest BCUT2D eigenvalue weighted by Crippen LogP contribution is 2.33. The second kappa shape index (κ2) is 6.41. The number of carbonyl (C=O) groups is 1. The number of hydrogen-bond donors (Lipinski definition) is 1. The van der Waals surface area contributed by atoms with Gasteiger partial charge in [0.1, 0.15) is 0 Å². The van der Waals surface area contributed by atoms with E-state index in [9.17, 15) is 4.79 Å². The molecule has 2 heteroatoms. The van der Waals surface area contributed by atoms with Crippen molar-refractivity contribution < 1.29 is 4.79 Å². The smallest absolute Gasteiger partial charge is 0.221 e. The number of hydrogen-bond acceptors (Lipinski definition) is 1. The summed E-state index contributed by atoms with van der Waals surface area (Å²) in [6.45, 7) is 5.91. The van der Waals surface area contributed by atoms with E-state index < -0.39 is 0 Å². The minimum atomic E-state index is 0.0124. The molecule has 0 aliphatic heterocycles. The van der Waals surface area contributed by atoms with Crippen LogP contribution in [-0.2, 0) is 17.6 Å². The molecule has 0 saturated heterocycles. The van der Waals surface area contributed by atoms with Crippen LogP contribution in [0.5, 0.6) is 0 Å². The summed E-state index contributed by atoms with van der Waals surface area (Å²) in [6.07, 6.45) is 2.75. The van der Waals surface area contributed by atoms with Gasteiger partial charge in [-0.15, -0.1) is 0 Å². The maximum absolute atomic E-state index is 11.6. The van der Waals surface area contributed by atoms with Gasteiger partial charge < -0.3 is 5.32 Å². The number of allylic oxidation sites excluding steroid dienone is 2. The van der Waals surface area contributed by atoms with Crippen LogP contribution in [0.3, 0.4) is 0 Å². The molecule has 1 aliphatic rings. The summed E-state index contributed by atoms with van der Waals surface area (Å²) in [7, 11) is 0. The predicted octanol–water partition coefficient (Wildman–Crippen LogP) is 4.34. The average molecular weight is 305 g/mol. The molecule has 1 aliphatic carbocycles. The van der Waals surface area contributed by atoms with E-state index in [0.29, 0.717) is 0 Å². The van der Waals surface area contributed by atoms with Gasteiger partial charge in [0.05, 0.1) is 0 Å². The summed E-state index contributed by atoms with van der Waals surface area (Å²) in [4.78, 5) is 11.6. The zero-order valence-electron chi connectivity index (χ0n) is 14.1. The van der Waals surface area contributed by atoms with Crippen molar-refractivity contribution in [1.82, 2.24) is 5.32 Å². The first-order valence-electron chi connectivity index (χ1n) is 8.19. The summed E-state index contributed by atoms with van der Waals surface area (Å²) >= 11 is 0. The molecule has 0 radical (unpaired) electrons. The van der Waals surface area contributed by atoms with Crippen molar-refractivity contribution in [3.8, 4) is 0 Å². The van der Waals surface area contributed by atoms with Gasteiger partial charge in [-0.1, -0.05) is 42.5 Å². The summed E-state index contributed by atoms with van der Waals surface area (Å²) in [6, 6.07) is 15.0. The molecule has 0 bridgehead atoms. The van der Waals surface area contributed by atoms with Crippen LogP contribution in [0.1, 0.15) is 41.2 Å². The van der Waals surface area contributed by atoms with Gasteiger partial charge in [0.25, 0.3) is 0 Å². The Morgan fingerprint density at radius 1 is 1.00 bits per heavy atom. The Morgan fingerprint density at radius 2 is 1.70 bits per heavy atom. The molecule has 0 atom stereocenters. The number of amides is 1. The van der Waals surface area contributed by atoms with Crippen molar-refractivity contribution in [3.05, 3.63) is 76.0 Å². The minimum Gasteiger partial charge on any atom is -0.330 e. The van der Waals surface area contributed by atoms with Crippen LogP contribution in [-0.4, -0.2) is 5.91 Å². The topological polar surface area (TPSA) is 29.1 Å². The molecule has 0 saturated carbocycles. The third kappa shape index (κ3) is 3.21. The summed E-state index contributed by atoms with van der Waals surface area (Å²) in [5, 5.41) is 3.07. The van der Waals surface area contributed by atoms with Crippen LogP contribution < -0.4 is 5.32 Å². The van der Waals surface area contributed by atoms with E-state index in [1.165, 1.54) is 33.4 Å². The van der Waals surface area contributed by atoms with Crippen molar-refractivity contribution in [2.24, 2.45) is 0 Å². The largest absolute Gasteiger partial charge is 0.330 e. The second-order valence-electron chi connectivity index (χ2n) is 6.34. The van der Waals surface area contributed by atoms with Gasteiger partial charge in [0, 0.05) is 19.0 Å². The van der Waals surface area contributed by atoms with Crippen molar-refractivity contribution in [2.45, 2.75) is 40.0 Å². The molecule has 1 N–H and O–H groups in total. The first-order valence-corrected chi connectivity index (χ1v) is 8.19. The first kappa shape index (κ1) is 15.5. The van der Waals surface area contributed by atoms with Gasteiger partial charge in [-0.2, -0.15) is 0 Å². The van der Waals surface area contributed by atoms with Crippen LogP contribution in [0.4, 0.5) is 0 Å². The molecule has 118 valence electrons. The Balaban J connectivity index is 2.10. The van der Waals surface area contributed by atoms with Gasteiger partial charge in [-0.05, 0) is 60.1 Å². The molecule has 1 amide bonds. The number of benzene rings is 2. The number of rotatable bonds is 3. The molecule has 2 aromatic rings. The summed E-state index contributed by atoms with van der Waals surface area (Å²) in [5.74, 6) is 0.0124. The maximum atomic E-state index is 11.6. The Labute approximate surface area is 138 Å². The average Bonchev–Trinajstić information content (AvgIpc) is 2.52. The number of carbonyl (C=O) groups excluding carboxylic acids is 1. The normalized spacial score (nSPS) is 13.7. The van der Waals surface area contributed by atoms with Crippen molar-refractivity contribution in [1.29, 1.82) is 0 Å². The highest BCUT2D eigenvalue weighted by atomic mass is 16.1. The molecule has 0 heterocycles. The fraction of sp³-hybridized carbons (Fsp3) is 0.286. The van der Waals surface area contributed by atoms with Crippen LogP contribution in [0, 0.1) is 13.8 Å². The fourth-order valence-corrected chi connectivity index (χ4v) is 3.46. The van der Waals surface area contributed by atoms with Crippen LogP contribution >= 0.6 is 0 Å². The van der Waals surface area contributed by atoms with Crippen LogP contribution in [0.25, 0.3) is 5.57 Å². The molecule has 2 aromatic carbocycles. The van der Waals surface area contributed by atoms with E-state index in [1.807, 2.05) is 0 Å². The molecular weight excluding hydrogens is 282 g/mol. The third-order valence-electron chi connectivity index (χ3n) is 4.68. The SMILES string of the molecule is CC(=O)NC1=C(Cc2c(C)cccc2C)c2ccccc2CC1. The van der Waals surface area contributed by atoms with E-state index >= 15 is 0 Å². The third-order valence-corrected chi connectivity index (χ3v) is 4.68. The number of aryl methyl sites for hydroxylation is 3. The van der Waals surface area contributed by atoms with Crippen molar-refractivity contribution in [2.75, 3.05) is 0 Å². The van der Waals surface area contributed by atoms with Gasteiger partial charge in [-0.25, -0.2) is 0 Å². The maximum Gasteiger partial charge on any atom is 0.221 e. The van der Waals surface area contributed by atoms with E-state index in [4.69, 9.17) is 0 Å². The lowest BCUT2D eigenvalue weighted by Crippen LogP contribution is -2.24. The zero-order chi connectivity index (χ0) is 16.4. The Hall–Kier alpha value is -2.35. The molecule has 23 heavy (non-hydrogen) atoms. The number of fused-ring (bicyclic) bond motifs is 1. The fourth-order valence-electron chi connectivity index (χ4n) is 3.46. The quantitative estimate of drug-likeness (QED) is 0.898. The van der Waals surface area contributed by atoms with Gasteiger partial charge >= 0.3 is 0 Å². The lowest BCUT2D eigenvalue weighted by molar-refractivity contribution is -0.118. The van der Waals surface area contributed by atoms with E-state index in [2.05, 4.69) is 61.6 Å². The van der Waals surface area contributed by atoms with E-state index in [-0.39, 0.29) is 5.91 Å². The molecule has 0 fully saturated rings. The molecule has 3 rings (SSSR count). The Kier molecular flexibility index (Phi) is 4.33. The Morgan fingerprint density at radius 3 is 2.39 bits per heavy atom. The standard InChI is InChI=1S/C21H23NO/c1-14-7-6-8-15(2)19(14)13-20-18-10-5-4-9-17(18)11-12-21(20)22-16(3)23/h4-10H,11-13H2,1-3H3,(H,22,23). The van der Waals surface area contributed by atoms with E-state index in [1.54, 1.807) is 6.92 Å². The van der Waals surface area contributed by atoms with Crippen LogP contribution in [0.2, 0.25) is 0 Å². The lowest BCUT2D eigenvalue weighted by Gasteiger charge is -2.25. The minimum absolute atomic E-state index is 0.0124. The highest BCUT2D eigenvalue weighted by Gasteiger charge is 2.20. The first-order chi connectivity index (χ1) is 11.1. The zero-order valence-corrected chi connectivity index (χ0v) is 14.1. The predicted molar refractivity (Wildman–Crippen MR) is 95.1 cm³/mol. The van der Waals surface area contributed by atoms with Gasteiger partial charge in [0.2, 0.25) is 5.91 Å². The summed E-state index contributed by atoms with van der Waals surface area (Å²) in [5.41, 5.74) is 8.99. The number of nitrogens with one attached hydrogen (secondary N) is 1. The van der Waals surface area contributed by atoms with Gasteiger partial charge in [0.15, 0.2) is 0 Å². The molecule has 0 spiro atoms. The van der Waals surface area contributed by atoms with Gasteiger partial charge in [-0.3, -0.25) is 4.79 Å². The summed E-state index contributed by atoms with van der Waals surface area (Å²) < 4.78 is 0. The molecular formula is C21H23NO. The van der Waals surface area contributed by atoms with Crippen molar-refractivity contribution in [3.63, 3.8) is 0 Å². The Bertz CT molecular complexity index is 766. The van der Waals surface area contributed by atoms with E-state index in [0.717, 1.165) is 25.0 Å². The molecule has 0 unspecified atom stereocenters. The molecule has 2 nitrogen and oxygen atoms in total. The highest BCUT2D eigenvalue weighted by molar-refractivity contribution is 5.82. The van der Waals surface area contributed by atoms with Crippen LogP contribution in [0.15, 0.2) is 48.2 Å².